The Morgan fingerprint density at radius 1 is 1.18 bits per heavy atom. The van der Waals surface area contributed by atoms with Crippen molar-refractivity contribution in [3.05, 3.63) is 11.9 Å². The Bertz CT molecular complexity index is 775. The molecule has 0 unspecified atom stereocenters. The second kappa shape index (κ2) is 8.27. The second-order valence-corrected chi connectivity index (χ2v) is 9.47. The molecule has 2 saturated heterocycles. The van der Waals surface area contributed by atoms with Crippen molar-refractivity contribution in [2.45, 2.75) is 71.4 Å². The molecule has 2 aromatic heterocycles. The topological polar surface area (TPSA) is 65.8 Å². The molecule has 0 saturated carbocycles. The molecule has 28 heavy (non-hydrogen) atoms. The molecule has 1 atom stereocenters. The molecule has 0 radical (unpaired) electrons. The highest BCUT2D eigenvalue weighted by molar-refractivity contribution is 7.20. The zero-order chi connectivity index (χ0) is 19.7. The molecule has 2 aliphatic rings. The van der Waals surface area contributed by atoms with Crippen molar-refractivity contribution in [2.24, 2.45) is 5.92 Å². The number of hydrogen-bond acceptors (Lipinski definition) is 5. The average molecular weight is 405 g/mol. The Labute approximate surface area is 171 Å². The molecule has 0 aliphatic carbocycles. The molecule has 0 aromatic carbocycles. The van der Waals surface area contributed by atoms with E-state index in [2.05, 4.69) is 20.1 Å². The number of hydrogen-bond donors (Lipinski definition) is 1. The predicted octanol–water partition coefficient (Wildman–Crippen LogP) is 3.68. The highest BCUT2D eigenvalue weighted by atomic mass is 32.1. The average Bonchev–Trinajstić information content (AvgIpc) is 3.08. The number of amides is 2. The summed E-state index contributed by atoms with van der Waals surface area (Å²) in [4.78, 5) is 22.8. The number of aromatic nitrogens is 3. The summed E-state index contributed by atoms with van der Waals surface area (Å²) >= 11 is 1.67. The zero-order valence-electron chi connectivity index (χ0n) is 17.2. The van der Waals surface area contributed by atoms with Gasteiger partial charge in [0.2, 0.25) is 10.1 Å². The first-order valence-electron chi connectivity index (χ1n) is 10.7. The number of aryl methyl sites for hydroxylation is 1. The lowest BCUT2D eigenvalue weighted by molar-refractivity contribution is 0.135. The molecule has 4 rings (SSSR count). The molecule has 1 N–H and O–H groups in total. The van der Waals surface area contributed by atoms with Crippen molar-refractivity contribution in [3.8, 4) is 0 Å². The summed E-state index contributed by atoms with van der Waals surface area (Å²) in [6, 6.07) is 0.686. The lowest BCUT2D eigenvalue weighted by atomic mass is 9.86. The van der Waals surface area contributed by atoms with Gasteiger partial charge in [0.25, 0.3) is 0 Å². The smallest absolute Gasteiger partial charge is 0.317 e. The van der Waals surface area contributed by atoms with Crippen LogP contribution in [0.2, 0.25) is 0 Å². The van der Waals surface area contributed by atoms with E-state index >= 15 is 0 Å². The van der Waals surface area contributed by atoms with Crippen molar-refractivity contribution in [2.75, 3.05) is 24.5 Å². The first-order valence-corrected chi connectivity index (χ1v) is 11.5. The van der Waals surface area contributed by atoms with Gasteiger partial charge in [-0.3, -0.25) is 0 Å². The van der Waals surface area contributed by atoms with Crippen LogP contribution in [0.5, 0.6) is 0 Å². The first-order chi connectivity index (χ1) is 13.5. The zero-order valence-corrected chi connectivity index (χ0v) is 18.0. The lowest BCUT2D eigenvalue weighted by Gasteiger charge is -2.40. The SMILES string of the molecule is Cc1cn2nc(N3CCC([C@@H]4CCCCCN4C(=O)NC(C)C)CC3)sc2n1. The van der Waals surface area contributed by atoms with Crippen LogP contribution in [0.15, 0.2) is 6.20 Å². The summed E-state index contributed by atoms with van der Waals surface area (Å²) in [6.45, 7) is 8.99. The van der Waals surface area contributed by atoms with Crippen molar-refractivity contribution in [1.82, 2.24) is 24.8 Å². The number of carbonyl (C=O) groups excluding carboxylic acids is 1. The minimum absolute atomic E-state index is 0.126. The third-order valence-corrected chi connectivity index (χ3v) is 6.96. The van der Waals surface area contributed by atoms with Crippen LogP contribution < -0.4 is 10.2 Å². The number of piperidine rings is 1. The highest BCUT2D eigenvalue weighted by Crippen LogP contribution is 2.33. The maximum atomic E-state index is 12.8. The highest BCUT2D eigenvalue weighted by Gasteiger charge is 2.34. The molecular weight excluding hydrogens is 372 g/mol. The van der Waals surface area contributed by atoms with Gasteiger partial charge in [-0.2, -0.15) is 0 Å². The van der Waals surface area contributed by atoms with Crippen LogP contribution in [0.1, 0.15) is 58.1 Å². The summed E-state index contributed by atoms with van der Waals surface area (Å²) in [5.74, 6) is 0.582. The van der Waals surface area contributed by atoms with Gasteiger partial charge in [-0.1, -0.05) is 24.2 Å². The van der Waals surface area contributed by atoms with Crippen LogP contribution in [0, 0.1) is 12.8 Å². The molecule has 8 heteroatoms. The number of imidazole rings is 1. The van der Waals surface area contributed by atoms with E-state index in [0.29, 0.717) is 12.0 Å². The van der Waals surface area contributed by atoms with Gasteiger partial charge in [-0.15, -0.1) is 5.10 Å². The fraction of sp³-hybridized carbons (Fsp3) is 0.750. The fourth-order valence-electron chi connectivity index (χ4n) is 4.61. The number of likely N-dealkylation sites (tertiary alicyclic amines) is 1. The summed E-state index contributed by atoms with van der Waals surface area (Å²) in [7, 11) is 0. The maximum absolute atomic E-state index is 12.8. The van der Waals surface area contributed by atoms with Gasteiger partial charge >= 0.3 is 6.03 Å². The third kappa shape index (κ3) is 4.11. The molecule has 2 amide bonds. The Morgan fingerprint density at radius 2 is 1.96 bits per heavy atom. The summed E-state index contributed by atoms with van der Waals surface area (Å²) in [5.41, 5.74) is 1.01. The van der Waals surface area contributed by atoms with E-state index in [-0.39, 0.29) is 12.1 Å². The van der Waals surface area contributed by atoms with E-state index in [0.717, 1.165) is 61.1 Å². The number of anilines is 1. The fourth-order valence-corrected chi connectivity index (χ4v) is 5.59. The van der Waals surface area contributed by atoms with Gasteiger partial charge in [0.1, 0.15) is 0 Å². The molecule has 0 bridgehead atoms. The number of fused-ring (bicyclic) bond motifs is 1. The van der Waals surface area contributed by atoms with E-state index in [4.69, 9.17) is 5.10 Å². The third-order valence-electron chi connectivity index (χ3n) is 5.98. The van der Waals surface area contributed by atoms with Crippen molar-refractivity contribution >= 4 is 27.5 Å². The van der Waals surface area contributed by atoms with Crippen LogP contribution >= 0.6 is 11.3 Å². The molecular formula is C20H32N6OS. The first kappa shape index (κ1) is 19.5. The monoisotopic (exact) mass is 404 g/mol. The molecule has 2 aromatic rings. The van der Waals surface area contributed by atoms with Gasteiger partial charge < -0.3 is 15.1 Å². The van der Waals surface area contributed by atoms with Crippen molar-refractivity contribution in [3.63, 3.8) is 0 Å². The molecule has 2 fully saturated rings. The Balaban J connectivity index is 1.41. The number of rotatable bonds is 3. The Hall–Kier alpha value is -1.83. The number of nitrogens with one attached hydrogen (secondary N) is 1. The van der Waals surface area contributed by atoms with Crippen molar-refractivity contribution in [1.29, 1.82) is 0 Å². The summed E-state index contributed by atoms with van der Waals surface area (Å²) < 4.78 is 1.89. The Morgan fingerprint density at radius 3 is 2.68 bits per heavy atom. The quantitative estimate of drug-likeness (QED) is 0.847. The van der Waals surface area contributed by atoms with Crippen LogP contribution in [0.3, 0.4) is 0 Å². The van der Waals surface area contributed by atoms with Gasteiger partial charge in [0.15, 0.2) is 0 Å². The van der Waals surface area contributed by atoms with Crippen LogP contribution in [-0.2, 0) is 0 Å². The Kier molecular flexibility index (Phi) is 5.75. The van der Waals surface area contributed by atoms with E-state index in [9.17, 15) is 4.79 Å². The molecule has 4 heterocycles. The molecule has 154 valence electrons. The van der Waals surface area contributed by atoms with Gasteiger partial charge in [-0.25, -0.2) is 14.3 Å². The molecule has 0 spiro atoms. The second-order valence-electron chi connectivity index (χ2n) is 8.53. The van der Waals surface area contributed by atoms with E-state index < -0.39 is 0 Å². The summed E-state index contributed by atoms with van der Waals surface area (Å²) in [5, 5.41) is 8.89. The van der Waals surface area contributed by atoms with Crippen LogP contribution in [0.25, 0.3) is 4.96 Å². The molecule has 7 nitrogen and oxygen atoms in total. The predicted molar refractivity (Wildman–Crippen MR) is 113 cm³/mol. The normalized spacial score (nSPS) is 22.1. The van der Waals surface area contributed by atoms with E-state index in [1.165, 1.54) is 12.8 Å². The molecule has 2 aliphatic heterocycles. The van der Waals surface area contributed by atoms with Gasteiger partial charge in [0, 0.05) is 31.7 Å². The summed E-state index contributed by atoms with van der Waals surface area (Å²) in [6.07, 6.45) is 8.96. The lowest BCUT2D eigenvalue weighted by Crippen LogP contribution is -2.52. The van der Waals surface area contributed by atoms with Crippen molar-refractivity contribution < 1.29 is 4.79 Å². The number of nitrogens with zero attached hydrogens (tertiary/aromatic N) is 5. The number of urea groups is 1. The van der Waals surface area contributed by atoms with Gasteiger partial charge in [0.05, 0.1) is 11.9 Å². The van der Waals surface area contributed by atoms with Gasteiger partial charge in [-0.05, 0) is 52.4 Å². The number of carbonyl (C=O) groups is 1. The largest absolute Gasteiger partial charge is 0.347 e. The van der Waals surface area contributed by atoms with Crippen LogP contribution in [0.4, 0.5) is 9.93 Å². The maximum Gasteiger partial charge on any atom is 0.317 e. The van der Waals surface area contributed by atoms with Crippen LogP contribution in [-0.4, -0.2) is 57.2 Å². The minimum Gasteiger partial charge on any atom is -0.347 e. The standard InChI is InChI=1S/C20H32N6OS/c1-14(2)21-18(27)25-10-6-4-5-7-17(25)16-8-11-24(12-9-16)20-23-26-13-15(3)22-19(26)28-20/h13-14,16-17H,4-12H2,1-3H3,(H,21,27)/t17-/m0/s1. The minimum atomic E-state index is 0.126. The van der Waals surface area contributed by atoms with E-state index in [1.807, 2.05) is 31.5 Å². The van der Waals surface area contributed by atoms with E-state index in [1.54, 1.807) is 11.3 Å².